The molecule has 0 aliphatic carbocycles. The highest BCUT2D eigenvalue weighted by Crippen LogP contribution is 2.27. The van der Waals surface area contributed by atoms with Crippen LogP contribution in [0, 0.1) is 0 Å². The van der Waals surface area contributed by atoms with Crippen LogP contribution in [0.15, 0.2) is 53.4 Å². The molecular weight excluding hydrogens is 326 g/mol. The van der Waals surface area contributed by atoms with Gasteiger partial charge in [-0.2, -0.15) is 0 Å². The smallest absolute Gasteiger partial charge is 0.252 e. The molecule has 5 nitrogen and oxygen atoms in total. The van der Waals surface area contributed by atoms with Gasteiger partial charge in [-0.25, -0.2) is 8.42 Å². The first-order chi connectivity index (χ1) is 11.5. The molecule has 1 aliphatic heterocycles. The third kappa shape index (κ3) is 3.28. The summed E-state index contributed by atoms with van der Waals surface area (Å²) < 4.78 is 30.0. The topological polar surface area (TPSA) is 72.5 Å². The number of hydrogen-bond acceptors (Lipinski definition) is 4. The molecular formula is C18H19NO4S. The minimum absolute atomic E-state index is 0.0433. The highest BCUT2D eigenvalue weighted by Gasteiger charge is 2.24. The SMILES string of the molecule is CCS(=O)(=O)c1ccccc1C(=O)NC[C@@H]1Cc2ccccc2O1. The fraction of sp³-hybridized carbons (Fsp3) is 0.278. The van der Waals surface area contributed by atoms with E-state index < -0.39 is 15.7 Å². The highest BCUT2D eigenvalue weighted by atomic mass is 32.2. The normalized spacial score (nSPS) is 16.3. The maximum Gasteiger partial charge on any atom is 0.252 e. The van der Waals surface area contributed by atoms with E-state index >= 15 is 0 Å². The number of sulfone groups is 1. The van der Waals surface area contributed by atoms with E-state index in [-0.39, 0.29) is 22.3 Å². The average molecular weight is 345 g/mol. The van der Waals surface area contributed by atoms with Gasteiger partial charge in [0.2, 0.25) is 0 Å². The summed E-state index contributed by atoms with van der Waals surface area (Å²) in [7, 11) is -3.45. The van der Waals surface area contributed by atoms with E-state index in [0.717, 1.165) is 17.7 Å². The van der Waals surface area contributed by atoms with Gasteiger partial charge in [0.15, 0.2) is 9.84 Å². The molecule has 0 fully saturated rings. The van der Waals surface area contributed by atoms with Gasteiger partial charge in [0.1, 0.15) is 11.9 Å². The molecule has 24 heavy (non-hydrogen) atoms. The standard InChI is InChI=1S/C18H19NO4S/c1-2-24(21,22)17-10-6-4-8-15(17)18(20)19-12-14-11-13-7-3-5-9-16(13)23-14/h3-10,14H,2,11-12H2,1H3,(H,19,20)/t14-/m0/s1. The van der Waals surface area contributed by atoms with Crippen LogP contribution >= 0.6 is 0 Å². The van der Waals surface area contributed by atoms with E-state index in [1.807, 2.05) is 24.3 Å². The first-order valence-corrected chi connectivity index (χ1v) is 9.51. The monoisotopic (exact) mass is 345 g/mol. The molecule has 0 aromatic heterocycles. The summed E-state index contributed by atoms with van der Waals surface area (Å²) in [6, 6.07) is 14.0. The lowest BCUT2D eigenvalue weighted by Gasteiger charge is -2.13. The van der Waals surface area contributed by atoms with Gasteiger partial charge < -0.3 is 10.1 Å². The Bertz CT molecular complexity index is 836. The van der Waals surface area contributed by atoms with Crippen molar-refractivity contribution in [3.05, 3.63) is 59.7 Å². The summed E-state index contributed by atoms with van der Waals surface area (Å²) in [5, 5.41) is 2.78. The number of hydrogen-bond donors (Lipinski definition) is 1. The van der Waals surface area contributed by atoms with Crippen LogP contribution in [-0.4, -0.2) is 32.7 Å². The molecule has 0 saturated carbocycles. The quantitative estimate of drug-likeness (QED) is 0.902. The third-order valence-electron chi connectivity index (χ3n) is 4.05. The molecule has 1 atom stereocenters. The Morgan fingerprint density at radius 1 is 1.17 bits per heavy atom. The number of fused-ring (bicyclic) bond motifs is 1. The number of rotatable bonds is 5. The van der Waals surface area contributed by atoms with E-state index in [0.29, 0.717) is 6.54 Å². The fourth-order valence-corrected chi connectivity index (χ4v) is 3.84. The number of carbonyl (C=O) groups excluding carboxylic acids is 1. The lowest BCUT2D eigenvalue weighted by atomic mass is 10.1. The maximum atomic E-state index is 12.4. The van der Waals surface area contributed by atoms with Gasteiger partial charge >= 0.3 is 0 Å². The Kier molecular flexibility index (Phi) is 4.57. The number of ether oxygens (including phenoxy) is 1. The molecule has 0 bridgehead atoms. The summed E-state index contributed by atoms with van der Waals surface area (Å²) in [5.74, 6) is 0.395. The maximum absolute atomic E-state index is 12.4. The van der Waals surface area contributed by atoms with Crippen LogP contribution in [0.2, 0.25) is 0 Å². The van der Waals surface area contributed by atoms with E-state index in [1.165, 1.54) is 12.1 Å². The molecule has 1 heterocycles. The van der Waals surface area contributed by atoms with Crippen molar-refractivity contribution >= 4 is 15.7 Å². The first kappa shape index (κ1) is 16.5. The zero-order valence-electron chi connectivity index (χ0n) is 13.4. The molecule has 126 valence electrons. The second-order valence-electron chi connectivity index (χ2n) is 5.66. The van der Waals surface area contributed by atoms with E-state index in [1.54, 1.807) is 19.1 Å². The van der Waals surface area contributed by atoms with Gasteiger partial charge in [0, 0.05) is 6.42 Å². The summed E-state index contributed by atoms with van der Waals surface area (Å²) in [4.78, 5) is 12.5. The van der Waals surface area contributed by atoms with Gasteiger partial charge in [0.05, 0.1) is 22.8 Å². The molecule has 1 N–H and O–H groups in total. The number of carbonyl (C=O) groups is 1. The second-order valence-corrected chi connectivity index (χ2v) is 7.91. The van der Waals surface area contributed by atoms with E-state index in [9.17, 15) is 13.2 Å². The van der Waals surface area contributed by atoms with Crippen LogP contribution in [0.5, 0.6) is 5.75 Å². The number of benzene rings is 2. The lowest BCUT2D eigenvalue weighted by Crippen LogP contribution is -2.35. The Labute approximate surface area is 141 Å². The van der Waals surface area contributed by atoms with Gasteiger partial charge in [-0.1, -0.05) is 37.3 Å². The van der Waals surface area contributed by atoms with Crippen LogP contribution in [0.1, 0.15) is 22.8 Å². The van der Waals surface area contributed by atoms with Crippen LogP contribution in [-0.2, 0) is 16.3 Å². The Morgan fingerprint density at radius 3 is 2.62 bits per heavy atom. The number of para-hydroxylation sites is 1. The molecule has 1 aliphatic rings. The van der Waals surface area contributed by atoms with Gasteiger partial charge in [-0.3, -0.25) is 4.79 Å². The van der Waals surface area contributed by atoms with Gasteiger partial charge in [-0.15, -0.1) is 0 Å². The van der Waals surface area contributed by atoms with Crippen molar-refractivity contribution < 1.29 is 17.9 Å². The fourth-order valence-electron chi connectivity index (χ4n) is 2.75. The zero-order chi connectivity index (χ0) is 17.2. The Hall–Kier alpha value is -2.34. The minimum Gasteiger partial charge on any atom is -0.488 e. The molecule has 0 radical (unpaired) electrons. The van der Waals surface area contributed by atoms with Crippen molar-refractivity contribution in [3.63, 3.8) is 0 Å². The summed E-state index contributed by atoms with van der Waals surface area (Å²) in [6.45, 7) is 1.89. The van der Waals surface area contributed by atoms with E-state index in [2.05, 4.69) is 5.32 Å². The third-order valence-corrected chi connectivity index (χ3v) is 5.84. The molecule has 2 aromatic rings. The van der Waals surface area contributed by atoms with Crippen molar-refractivity contribution in [1.29, 1.82) is 0 Å². The van der Waals surface area contributed by atoms with Crippen LogP contribution in [0.25, 0.3) is 0 Å². The largest absolute Gasteiger partial charge is 0.488 e. The van der Waals surface area contributed by atoms with Crippen molar-refractivity contribution in [2.45, 2.75) is 24.3 Å². The molecule has 6 heteroatoms. The van der Waals surface area contributed by atoms with Gasteiger partial charge in [-0.05, 0) is 23.8 Å². The predicted octanol–water partition coefficient (Wildman–Crippen LogP) is 2.21. The Balaban J connectivity index is 1.69. The minimum atomic E-state index is -3.45. The molecule has 0 saturated heterocycles. The average Bonchev–Trinajstić information content (AvgIpc) is 3.02. The summed E-state index contributed by atoms with van der Waals surface area (Å²) in [5.41, 5.74) is 1.29. The summed E-state index contributed by atoms with van der Waals surface area (Å²) in [6.07, 6.45) is 0.590. The predicted molar refractivity (Wildman–Crippen MR) is 91.1 cm³/mol. The van der Waals surface area contributed by atoms with Crippen LogP contribution in [0.4, 0.5) is 0 Å². The lowest BCUT2D eigenvalue weighted by molar-refractivity contribution is 0.0930. The molecule has 3 rings (SSSR count). The van der Waals surface area contributed by atoms with E-state index in [4.69, 9.17) is 4.74 Å². The molecule has 1 amide bonds. The number of nitrogens with one attached hydrogen (secondary N) is 1. The second kappa shape index (κ2) is 6.65. The Morgan fingerprint density at radius 2 is 1.88 bits per heavy atom. The van der Waals surface area contributed by atoms with Crippen molar-refractivity contribution in [2.24, 2.45) is 0 Å². The van der Waals surface area contributed by atoms with Gasteiger partial charge in [0.25, 0.3) is 5.91 Å². The highest BCUT2D eigenvalue weighted by molar-refractivity contribution is 7.91. The van der Waals surface area contributed by atoms with Crippen LogP contribution in [0.3, 0.4) is 0 Å². The molecule has 2 aromatic carbocycles. The molecule has 0 unspecified atom stereocenters. The zero-order valence-corrected chi connectivity index (χ0v) is 14.2. The van der Waals surface area contributed by atoms with Crippen LogP contribution < -0.4 is 10.1 Å². The van der Waals surface area contributed by atoms with Crippen molar-refractivity contribution in [3.8, 4) is 5.75 Å². The summed E-state index contributed by atoms with van der Waals surface area (Å²) >= 11 is 0. The first-order valence-electron chi connectivity index (χ1n) is 7.86. The number of amides is 1. The van der Waals surface area contributed by atoms with Crippen molar-refractivity contribution in [1.82, 2.24) is 5.32 Å². The molecule has 0 spiro atoms. The van der Waals surface area contributed by atoms with Crippen molar-refractivity contribution in [2.75, 3.05) is 12.3 Å².